The van der Waals surface area contributed by atoms with Crippen molar-refractivity contribution in [1.29, 1.82) is 0 Å². The summed E-state index contributed by atoms with van der Waals surface area (Å²) in [5.41, 5.74) is 0. The summed E-state index contributed by atoms with van der Waals surface area (Å²) in [4.78, 5) is 26.0. The molecule has 0 bridgehead atoms. The van der Waals surface area contributed by atoms with E-state index in [-0.39, 0.29) is 18.9 Å². The van der Waals surface area contributed by atoms with E-state index in [1.54, 1.807) is 15.9 Å². The smallest absolute Gasteiger partial charge is 0.304 e. The Morgan fingerprint density at radius 3 is 2.61 bits per heavy atom. The van der Waals surface area contributed by atoms with Crippen LogP contribution >= 0.6 is 0 Å². The lowest BCUT2D eigenvalue weighted by Crippen LogP contribution is -2.46. The lowest BCUT2D eigenvalue weighted by atomic mass is 10.3. The van der Waals surface area contributed by atoms with E-state index in [2.05, 4.69) is 6.58 Å². The highest BCUT2D eigenvalue weighted by Crippen LogP contribution is 2.00. The van der Waals surface area contributed by atoms with Crippen LogP contribution in [0, 0.1) is 0 Å². The molecule has 0 unspecified atom stereocenters. The van der Waals surface area contributed by atoms with Crippen LogP contribution in [-0.2, 0) is 14.3 Å². The first kappa shape index (κ1) is 14.7. The molecule has 1 heterocycles. The fraction of sp³-hybridized carbons (Fsp3) is 0.667. The van der Waals surface area contributed by atoms with Crippen LogP contribution in [0.15, 0.2) is 12.7 Å². The second-order valence-corrected chi connectivity index (χ2v) is 4.16. The zero-order chi connectivity index (χ0) is 13.4. The number of nitrogens with zero attached hydrogens (tertiary/aromatic N) is 2. The average molecular weight is 256 g/mol. The number of hydrogen-bond donors (Lipinski definition) is 1. The van der Waals surface area contributed by atoms with Crippen LogP contribution in [0.25, 0.3) is 0 Å². The summed E-state index contributed by atoms with van der Waals surface area (Å²) in [6.07, 6.45) is 1.71. The highest BCUT2D eigenvalue weighted by Gasteiger charge is 2.19. The minimum atomic E-state index is -0.858. The quantitative estimate of drug-likeness (QED) is 0.639. The minimum Gasteiger partial charge on any atom is -0.481 e. The summed E-state index contributed by atoms with van der Waals surface area (Å²) in [6.45, 7) is 7.09. The molecule has 1 N–H and O–H groups in total. The molecule has 1 aliphatic heterocycles. The van der Waals surface area contributed by atoms with Gasteiger partial charge in [-0.25, -0.2) is 0 Å². The number of aliphatic carboxylic acids is 1. The van der Waals surface area contributed by atoms with Gasteiger partial charge in [0.1, 0.15) is 0 Å². The van der Waals surface area contributed by atoms with E-state index < -0.39 is 5.97 Å². The number of amides is 1. The van der Waals surface area contributed by atoms with Gasteiger partial charge in [0.15, 0.2) is 0 Å². The van der Waals surface area contributed by atoms with Crippen molar-refractivity contribution in [3.8, 4) is 0 Å². The largest absolute Gasteiger partial charge is 0.481 e. The molecule has 0 saturated carbocycles. The number of rotatable bonds is 7. The van der Waals surface area contributed by atoms with Crippen LogP contribution in [0.1, 0.15) is 6.42 Å². The lowest BCUT2D eigenvalue weighted by molar-refractivity contribution is -0.139. The molecule has 0 aromatic heterocycles. The van der Waals surface area contributed by atoms with Gasteiger partial charge in [-0.1, -0.05) is 6.08 Å². The molecular weight excluding hydrogens is 236 g/mol. The average Bonchev–Trinajstić information content (AvgIpc) is 2.37. The van der Waals surface area contributed by atoms with Crippen molar-refractivity contribution in [1.82, 2.24) is 9.80 Å². The third-order valence-electron chi connectivity index (χ3n) is 2.75. The number of carbonyl (C=O) groups excluding carboxylic acids is 1. The van der Waals surface area contributed by atoms with E-state index in [1.165, 1.54) is 0 Å². The molecule has 1 rings (SSSR count). The maximum atomic E-state index is 12.0. The molecule has 1 saturated heterocycles. The van der Waals surface area contributed by atoms with Gasteiger partial charge in [0.25, 0.3) is 0 Å². The molecule has 0 radical (unpaired) electrons. The number of carbonyl (C=O) groups is 2. The maximum absolute atomic E-state index is 12.0. The molecule has 1 amide bonds. The SMILES string of the molecule is C=CCN(CCC(=O)O)CC(=O)N1CCOCC1. The number of ether oxygens (including phenoxy) is 1. The molecular formula is C12H20N2O4. The number of hydrogen-bond acceptors (Lipinski definition) is 4. The van der Waals surface area contributed by atoms with Crippen LogP contribution < -0.4 is 0 Å². The Kier molecular flexibility index (Phi) is 6.38. The summed E-state index contributed by atoms with van der Waals surface area (Å²) >= 11 is 0. The molecule has 0 spiro atoms. The van der Waals surface area contributed by atoms with Crippen LogP contribution in [0.4, 0.5) is 0 Å². The molecule has 6 nitrogen and oxygen atoms in total. The summed E-state index contributed by atoms with van der Waals surface area (Å²) in [7, 11) is 0. The number of carboxylic acids is 1. The topological polar surface area (TPSA) is 70.1 Å². The van der Waals surface area contributed by atoms with Crippen LogP contribution in [0.3, 0.4) is 0 Å². The van der Waals surface area contributed by atoms with Crippen LogP contribution in [-0.4, -0.2) is 72.7 Å². The first-order valence-electron chi connectivity index (χ1n) is 6.04. The molecule has 1 aliphatic rings. The van der Waals surface area contributed by atoms with E-state index in [0.29, 0.717) is 39.4 Å². The van der Waals surface area contributed by atoms with Gasteiger partial charge in [-0.15, -0.1) is 6.58 Å². The van der Waals surface area contributed by atoms with Gasteiger partial charge in [-0.2, -0.15) is 0 Å². The van der Waals surface area contributed by atoms with E-state index in [0.717, 1.165) is 0 Å². The molecule has 1 fully saturated rings. The fourth-order valence-electron chi connectivity index (χ4n) is 1.78. The first-order chi connectivity index (χ1) is 8.63. The molecule has 0 aromatic rings. The van der Waals surface area contributed by atoms with Gasteiger partial charge in [-0.05, 0) is 0 Å². The monoisotopic (exact) mass is 256 g/mol. The lowest BCUT2D eigenvalue weighted by Gasteiger charge is -2.29. The predicted octanol–water partition coefficient (Wildman–Crippen LogP) is -0.192. The summed E-state index contributed by atoms with van der Waals surface area (Å²) < 4.78 is 5.18. The maximum Gasteiger partial charge on any atom is 0.304 e. The summed E-state index contributed by atoms with van der Waals surface area (Å²) in [5.74, 6) is -0.839. The zero-order valence-corrected chi connectivity index (χ0v) is 10.5. The van der Waals surface area contributed by atoms with Gasteiger partial charge in [0.05, 0.1) is 26.2 Å². The van der Waals surface area contributed by atoms with E-state index in [1.807, 2.05) is 0 Å². The Bertz CT molecular complexity index is 300. The third-order valence-corrected chi connectivity index (χ3v) is 2.75. The van der Waals surface area contributed by atoms with Crippen molar-refractivity contribution in [2.45, 2.75) is 6.42 Å². The Morgan fingerprint density at radius 2 is 2.06 bits per heavy atom. The van der Waals surface area contributed by atoms with Crippen molar-refractivity contribution in [2.75, 3.05) is 45.9 Å². The van der Waals surface area contributed by atoms with Crippen LogP contribution in [0.5, 0.6) is 0 Å². The fourth-order valence-corrected chi connectivity index (χ4v) is 1.78. The van der Waals surface area contributed by atoms with Crippen molar-refractivity contribution in [2.24, 2.45) is 0 Å². The standard InChI is InChI=1S/C12H20N2O4/c1-2-4-13(5-3-12(16)17)10-11(15)14-6-8-18-9-7-14/h2H,1,3-10H2,(H,16,17). The van der Waals surface area contributed by atoms with Gasteiger partial charge in [0, 0.05) is 26.2 Å². The first-order valence-corrected chi connectivity index (χ1v) is 6.04. The molecule has 102 valence electrons. The van der Waals surface area contributed by atoms with E-state index >= 15 is 0 Å². The third kappa shape index (κ3) is 5.29. The molecule has 18 heavy (non-hydrogen) atoms. The molecule has 6 heteroatoms. The normalized spacial score (nSPS) is 15.7. The van der Waals surface area contributed by atoms with Crippen LogP contribution in [0.2, 0.25) is 0 Å². The Morgan fingerprint density at radius 1 is 1.39 bits per heavy atom. The van der Waals surface area contributed by atoms with Gasteiger partial charge >= 0.3 is 5.97 Å². The van der Waals surface area contributed by atoms with Gasteiger partial charge in [0.2, 0.25) is 5.91 Å². The van der Waals surface area contributed by atoms with Crippen molar-refractivity contribution < 1.29 is 19.4 Å². The molecule has 0 atom stereocenters. The van der Waals surface area contributed by atoms with Crippen molar-refractivity contribution in [3.63, 3.8) is 0 Å². The van der Waals surface area contributed by atoms with E-state index in [9.17, 15) is 9.59 Å². The highest BCUT2D eigenvalue weighted by molar-refractivity contribution is 5.78. The molecule has 0 aliphatic carbocycles. The highest BCUT2D eigenvalue weighted by atomic mass is 16.5. The van der Waals surface area contributed by atoms with Gasteiger partial charge in [-0.3, -0.25) is 14.5 Å². The second-order valence-electron chi connectivity index (χ2n) is 4.16. The van der Waals surface area contributed by atoms with Crippen molar-refractivity contribution >= 4 is 11.9 Å². The van der Waals surface area contributed by atoms with Gasteiger partial charge < -0.3 is 14.7 Å². The Labute approximate surface area is 107 Å². The number of carboxylic acid groups (broad SMARTS) is 1. The zero-order valence-electron chi connectivity index (χ0n) is 10.5. The summed E-state index contributed by atoms with van der Waals surface area (Å²) in [5, 5.41) is 8.65. The second kappa shape index (κ2) is 7.84. The summed E-state index contributed by atoms with van der Waals surface area (Å²) in [6, 6.07) is 0. The van der Waals surface area contributed by atoms with E-state index in [4.69, 9.17) is 9.84 Å². The predicted molar refractivity (Wildman–Crippen MR) is 66.3 cm³/mol. The minimum absolute atomic E-state index is 0.0190. The Hall–Kier alpha value is -1.40. The Balaban J connectivity index is 2.40. The number of morpholine rings is 1. The molecule has 0 aromatic carbocycles. The van der Waals surface area contributed by atoms with Crippen molar-refractivity contribution in [3.05, 3.63) is 12.7 Å².